The number of rotatable bonds is 6. The maximum Gasteiger partial charge on any atom is 0.221 e. The molecule has 3 N–H and O–H groups in total. The van der Waals surface area contributed by atoms with Crippen molar-refractivity contribution in [3.05, 3.63) is 11.8 Å². The average Bonchev–Trinajstić information content (AvgIpc) is 2.92. The van der Waals surface area contributed by atoms with Crippen molar-refractivity contribution < 1.29 is 0 Å². The predicted molar refractivity (Wildman–Crippen MR) is 79.2 cm³/mol. The maximum atomic E-state index is 5.59. The van der Waals surface area contributed by atoms with Gasteiger partial charge in [0.2, 0.25) is 5.95 Å². The molecule has 0 bridgehead atoms. The number of nitrogen functional groups attached to an aromatic ring is 1. The van der Waals surface area contributed by atoms with E-state index in [-0.39, 0.29) is 0 Å². The highest BCUT2D eigenvalue weighted by atomic mass is 15.1. The lowest BCUT2D eigenvalue weighted by atomic mass is 10.2. The summed E-state index contributed by atoms with van der Waals surface area (Å²) in [5, 5.41) is 3.34. The highest BCUT2D eigenvalue weighted by Crippen LogP contribution is 2.22. The summed E-state index contributed by atoms with van der Waals surface area (Å²) in [6.45, 7) is 4.05. The Balaban J connectivity index is 1.70. The summed E-state index contributed by atoms with van der Waals surface area (Å²) in [6, 6.07) is 0.802. The molecule has 0 saturated heterocycles. The van der Waals surface area contributed by atoms with Crippen LogP contribution in [-0.2, 0) is 0 Å². The molecule has 2 rings (SSSR count). The monoisotopic (exact) mass is 263 g/mol. The van der Waals surface area contributed by atoms with Gasteiger partial charge in [-0.1, -0.05) is 12.8 Å². The van der Waals surface area contributed by atoms with E-state index in [9.17, 15) is 0 Å². The Hall–Kier alpha value is -1.36. The van der Waals surface area contributed by atoms with Gasteiger partial charge in [0.15, 0.2) is 0 Å². The topological polar surface area (TPSA) is 67.1 Å². The number of nitrogens with two attached hydrogens (primary N) is 1. The summed E-state index contributed by atoms with van der Waals surface area (Å²) >= 11 is 0. The van der Waals surface area contributed by atoms with Crippen LogP contribution in [0.4, 0.5) is 11.8 Å². The number of anilines is 2. The third kappa shape index (κ3) is 4.06. The summed E-state index contributed by atoms with van der Waals surface area (Å²) in [5.74, 6) is 1.19. The zero-order chi connectivity index (χ0) is 13.7. The van der Waals surface area contributed by atoms with Crippen LogP contribution in [0.15, 0.2) is 6.20 Å². The third-order valence-electron chi connectivity index (χ3n) is 3.92. The van der Waals surface area contributed by atoms with Gasteiger partial charge in [0.05, 0.1) is 0 Å². The Morgan fingerprint density at radius 1 is 1.42 bits per heavy atom. The van der Waals surface area contributed by atoms with Crippen molar-refractivity contribution in [2.24, 2.45) is 0 Å². The second-order valence-corrected chi connectivity index (χ2v) is 5.46. The minimum atomic E-state index is 0.330. The first kappa shape index (κ1) is 14.1. The Morgan fingerprint density at radius 2 is 2.16 bits per heavy atom. The van der Waals surface area contributed by atoms with Crippen LogP contribution in [0.25, 0.3) is 0 Å². The number of aryl methyl sites for hydroxylation is 1. The number of nitrogens with zero attached hydrogens (tertiary/aromatic N) is 3. The van der Waals surface area contributed by atoms with Gasteiger partial charge < -0.3 is 16.0 Å². The van der Waals surface area contributed by atoms with E-state index in [0.29, 0.717) is 5.95 Å². The molecule has 0 unspecified atom stereocenters. The van der Waals surface area contributed by atoms with E-state index in [2.05, 4.69) is 27.2 Å². The highest BCUT2D eigenvalue weighted by Gasteiger charge is 2.18. The number of aromatic nitrogens is 2. The largest absolute Gasteiger partial charge is 0.370 e. The van der Waals surface area contributed by atoms with Crippen LogP contribution in [-0.4, -0.2) is 41.0 Å². The Morgan fingerprint density at radius 3 is 2.89 bits per heavy atom. The Bertz CT molecular complexity index is 401. The van der Waals surface area contributed by atoms with E-state index in [0.717, 1.165) is 36.9 Å². The standard InChI is InChI=1S/C14H25N5/c1-11-10-17-14(15)18-13(11)16-8-5-9-19(2)12-6-3-4-7-12/h10,12H,3-9H2,1-2H3,(H3,15,16,17,18). The van der Waals surface area contributed by atoms with E-state index >= 15 is 0 Å². The normalized spacial score (nSPS) is 16.2. The van der Waals surface area contributed by atoms with Gasteiger partial charge in [-0.2, -0.15) is 4.98 Å². The van der Waals surface area contributed by atoms with Crippen LogP contribution >= 0.6 is 0 Å². The van der Waals surface area contributed by atoms with Crippen molar-refractivity contribution in [1.82, 2.24) is 14.9 Å². The molecule has 1 aliphatic rings. The first-order valence-electron chi connectivity index (χ1n) is 7.20. The molecular weight excluding hydrogens is 238 g/mol. The highest BCUT2D eigenvalue weighted by molar-refractivity contribution is 5.44. The lowest BCUT2D eigenvalue weighted by Crippen LogP contribution is -2.31. The first-order chi connectivity index (χ1) is 9.16. The van der Waals surface area contributed by atoms with Crippen molar-refractivity contribution >= 4 is 11.8 Å². The Labute approximate surface area is 115 Å². The van der Waals surface area contributed by atoms with Gasteiger partial charge in [0.1, 0.15) is 5.82 Å². The molecule has 0 aliphatic heterocycles. The van der Waals surface area contributed by atoms with Gasteiger partial charge in [-0.25, -0.2) is 4.98 Å². The molecule has 1 heterocycles. The van der Waals surface area contributed by atoms with Crippen LogP contribution < -0.4 is 11.1 Å². The van der Waals surface area contributed by atoms with Gasteiger partial charge in [0, 0.05) is 24.3 Å². The predicted octanol–water partition coefficient (Wildman–Crippen LogP) is 2.04. The molecule has 19 heavy (non-hydrogen) atoms. The van der Waals surface area contributed by atoms with E-state index < -0.39 is 0 Å². The molecule has 0 spiro atoms. The van der Waals surface area contributed by atoms with Gasteiger partial charge >= 0.3 is 0 Å². The summed E-state index contributed by atoms with van der Waals surface area (Å²) < 4.78 is 0. The molecule has 1 saturated carbocycles. The summed E-state index contributed by atoms with van der Waals surface area (Å²) in [4.78, 5) is 10.7. The minimum absolute atomic E-state index is 0.330. The molecule has 5 heteroatoms. The quantitative estimate of drug-likeness (QED) is 0.769. The Kier molecular flexibility index (Phi) is 4.96. The number of hydrogen-bond donors (Lipinski definition) is 2. The van der Waals surface area contributed by atoms with Crippen LogP contribution in [0.5, 0.6) is 0 Å². The molecule has 5 nitrogen and oxygen atoms in total. The molecule has 1 aliphatic carbocycles. The van der Waals surface area contributed by atoms with Crippen LogP contribution in [0.2, 0.25) is 0 Å². The summed E-state index contributed by atoms with van der Waals surface area (Å²) in [5.41, 5.74) is 6.63. The maximum absolute atomic E-state index is 5.59. The van der Waals surface area contributed by atoms with Gasteiger partial charge in [-0.15, -0.1) is 0 Å². The fourth-order valence-electron chi connectivity index (χ4n) is 2.70. The summed E-state index contributed by atoms with van der Waals surface area (Å²) in [6.07, 6.45) is 8.40. The van der Waals surface area contributed by atoms with Crippen LogP contribution in [0.1, 0.15) is 37.7 Å². The van der Waals surface area contributed by atoms with Crippen molar-refractivity contribution in [1.29, 1.82) is 0 Å². The first-order valence-corrected chi connectivity index (χ1v) is 7.20. The zero-order valence-corrected chi connectivity index (χ0v) is 12.0. The molecule has 1 fully saturated rings. The van der Waals surface area contributed by atoms with Gasteiger partial charge in [-0.3, -0.25) is 0 Å². The van der Waals surface area contributed by atoms with E-state index in [1.807, 2.05) is 6.92 Å². The number of hydrogen-bond acceptors (Lipinski definition) is 5. The molecule has 1 aromatic heterocycles. The van der Waals surface area contributed by atoms with Crippen molar-refractivity contribution in [3.8, 4) is 0 Å². The zero-order valence-electron chi connectivity index (χ0n) is 12.0. The molecule has 0 radical (unpaired) electrons. The number of nitrogens with one attached hydrogen (secondary N) is 1. The average molecular weight is 263 g/mol. The second-order valence-electron chi connectivity index (χ2n) is 5.46. The second kappa shape index (κ2) is 6.70. The molecular formula is C14H25N5. The minimum Gasteiger partial charge on any atom is -0.370 e. The third-order valence-corrected chi connectivity index (χ3v) is 3.92. The lowest BCUT2D eigenvalue weighted by Gasteiger charge is -2.23. The molecule has 0 amide bonds. The SMILES string of the molecule is Cc1cnc(N)nc1NCCCN(C)C1CCCC1. The van der Waals surface area contributed by atoms with E-state index in [1.165, 1.54) is 25.7 Å². The van der Waals surface area contributed by atoms with E-state index in [4.69, 9.17) is 5.73 Å². The lowest BCUT2D eigenvalue weighted by molar-refractivity contribution is 0.245. The smallest absolute Gasteiger partial charge is 0.221 e. The molecule has 0 atom stereocenters. The van der Waals surface area contributed by atoms with Crippen molar-refractivity contribution in [3.63, 3.8) is 0 Å². The fourth-order valence-corrected chi connectivity index (χ4v) is 2.70. The fraction of sp³-hybridized carbons (Fsp3) is 0.714. The van der Waals surface area contributed by atoms with E-state index in [1.54, 1.807) is 6.20 Å². The van der Waals surface area contributed by atoms with Crippen molar-refractivity contribution in [2.45, 2.75) is 45.1 Å². The summed E-state index contributed by atoms with van der Waals surface area (Å²) in [7, 11) is 2.24. The van der Waals surface area contributed by atoms with Gasteiger partial charge in [0.25, 0.3) is 0 Å². The van der Waals surface area contributed by atoms with Crippen molar-refractivity contribution in [2.75, 3.05) is 31.2 Å². The van der Waals surface area contributed by atoms with Gasteiger partial charge in [-0.05, 0) is 39.8 Å². The molecule has 1 aromatic rings. The van der Waals surface area contributed by atoms with Crippen LogP contribution in [0, 0.1) is 6.92 Å². The molecule has 0 aromatic carbocycles. The molecule has 106 valence electrons. The van der Waals surface area contributed by atoms with Crippen LogP contribution in [0.3, 0.4) is 0 Å².